The zero-order valence-corrected chi connectivity index (χ0v) is 12.8. The van der Waals surface area contributed by atoms with E-state index >= 15 is 0 Å². The molecule has 1 aromatic heterocycles. The molecule has 3 nitrogen and oxygen atoms in total. The van der Waals surface area contributed by atoms with Crippen molar-refractivity contribution < 1.29 is 0 Å². The maximum atomic E-state index is 4.42. The zero-order chi connectivity index (χ0) is 13.3. The van der Waals surface area contributed by atoms with Crippen LogP contribution in [0.25, 0.3) is 0 Å². The monoisotopic (exact) mass is 307 g/mol. The highest BCUT2D eigenvalue weighted by Gasteiger charge is 2.08. The molecular weight excluding hydrogens is 290 g/mol. The molecule has 1 aromatic carbocycles. The van der Waals surface area contributed by atoms with Gasteiger partial charge in [0.05, 0.1) is 5.69 Å². The van der Waals surface area contributed by atoms with Gasteiger partial charge in [0.1, 0.15) is 0 Å². The quantitative estimate of drug-likeness (QED) is 0.936. The summed E-state index contributed by atoms with van der Waals surface area (Å²) >= 11 is 3.55. The van der Waals surface area contributed by atoms with Gasteiger partial charge < -0.3 is 5.32 Å². The lowest BCUT2D eigenvalue weighted by molar-refractivity contribution is 0.730. The van der Waals surface area contributed by atoms with E-state index in [0.29, 0.717) is 0 Å². The fraction of sp³-hybridized carbons (Fsp3) is 0.357. The molecule has 0 unspecified atom stereocenters. The number of nitrogens with one attached hydrogen (secondary N) is 1. The second kappa shape index (κ2) is 5.14. The Morgan fingerprint density at radius 2 is 2.00 bits per heavy atom. The largest absolute Gasteiger partial charge is 0.381 e. The Balaban J connectivity index is 2.14. The van der Waals surface area contributed by atoms with Gasteiger partial charge in [0.25, 0.3) is 0 Å². The molecule has 0 aliphatic rings. The second-order valence-electron chi connectivity index (χ2n) is 4.59. The minimum Gasteiger partial charge on any atom is -0.381 e. The molecule has 0 aliphatic carbocycles. The number of hydrogen-bond donors (Lipinski definition) is 1. The van der Waals surface area contributed by atoms with Gasteiger partial charge in [-0.2, -0.15) is 5.10 Å². The Morgan fingerprint density at radius 1 is 1.28 bits per heavy atom. The van der Waals surface area contributed by atoms with Crippen molar-refractivity contribution in [3.8, 4) is 0 Å². The number of nitrogens with zero attached hydrogens (tertiary/aromatic N) is 2. The topological polar surface area (TPSA) is 29.9 Å². The first-order valence-corrected chi connectivity index (χ1v) is 6.77. The molecule has 0 radical (unpaired) electrons. The van der Waals surface area contributed by atoms with Gasteiger partial charge in [-0.3, -0.25) is 4.68 Å². The van der Waals surface area contributed by atoms with Crippen LogP contribution in [0.5, 0.6) is 0 Å². The van der Waals surface area contributed by atoms with E-state index in [0.717, 1.165) is 22.4 Å². The van der Waals surface area contributed by atoms with Crippen LogP contribution in [-0.4, -0.2) is 9.78 Å². The summed E-state index contributed by atoms with van der Waals surface area (Å²) in [6, 6.07) is 6.31. The molecule has 4 heteroatoms. The van der Waals surface area contributed by atoms with Gasteiger partial charge in [0.15, 0.2) is 0 Å². The van der Waals surface area contributed by atoms with E-state index in [4.69, 9.17) is 0 Å². The van der Waals surface area contributed by atoms with Gasteiger partial charge in [0.2, 0.25) is 0 Å². The van der Waals surface area contributed by atoms with E-state index in [9.17, 15) is 0 Å². The molecule has 18 heavy (non-hydrogen) atoms. The van der Waals surface area contributed by atoms with Crippen LogP contribution in [0.2, 0.25) is 0 Å². The summed E-state index contributed by atoms with van der Waals surface area (Å²) in [4.78, 5) is 0. The van der Waals surface area contributed by atoms with E-state index in [1.165, 1.54) is 16.8 Å². The predicted octanol–water partition coefficient (Wildman–Crippen LogP) is 3.72. The van der Waals surface area contributed by atoms with Crippen LogP contribution in [0.15, 0.2) is 22.7 Å². The van der Waals surface area contributed by atoms with Crippen molar-refractivity contribution in [2.24, 2.45) is 7.05 Å². The third-order valence-corrected chi connectivity index (χ3v) is 4.15. The molecule has 1 N–H and O–H groups in total. The van der Waals surface area contributed by atoms with Gasteiger partial charge in [-0.15, -0.1) is 0 Å². The van der Waals surface area contributed by atoms with Crippen LogP contribution in [0.3, 0.4) is 0 Å². The summed E-state index contributed by atoms with van der Waals surface area (Å²) in [5.41, 5.74) is 5.94. The Morgan fingerprint density at radius 3 is 2.56 bits per heavy atom. The summed E-state index contributed by atoms with van der Waals surface area (Å²) in [6.45, 7) is 7.04. The zero-order valence-electron chi connectivity index (χ0n) is 11.2. The lowest BCUT2D eigenvalue weighted by atomic mass is 10.2. The number of aryl methyl sites for hydroxylation is 3. The summed E-state index contributed by atoms with van der Waals surface area (Å²) in [5.74, 6) is 0. The third kappa shape index (κ3) is 2.58. The standard InChI is InChI=1S/C14H18BrN3/c1-9-5-6-12(7-14(9)15)16-8-13-10(2)17-18(4)11(13)3/h5-7,16H,8H2,1-4H3. The van der Waals surface area contributed by atoms with E-state index < -0.39 is 0 Å². The first-order chi connectivity index (χ1) is 8.49. The number of benzene rings is 1. The average molecular weight is 308 g/mol. The molecule has 1 heterocycles. The van der Waals surface area contributed by atoms with Crippen LogP contribution in [0.4, 0.5) is 5.69 Å². The molecule has 0 saturated heterocycles. The van der Waals surface area contributed by atoms with Gasteiger partial charge in [-0.05, 0) is 38.5 Å². The van der Waals surface area contributed by atoms with Gasteiger partial charge in [-0.25, -0.2) is 0 Å². The first kappa shape index (κ1) is 13.1. The fourth-order valence-corrected chi connectivity index (χ4v) is 2.35. The van der Waals surface area contributed by atoms with Gasteiger partial charge in [-0.1, -0.05) is 22.0 Å². The van der Waals surface area contributed by atoms with Crippen molar-refractivity contribution in [3.05, 3.63) is 45.2 Å². The smallest absolute Gasteiger partial charge is 0.0646 e. The Kier molecular flexibility index (Phi) is 3.76. The molecule has 0 atom stereocenters. The highest BCUT2D eigenvalue weighted by atomic mass is 79.9. The van der Waals surface area contributed by atoms with Crippen molar-refractivity contribution >= 4 is 21.6 Å². The lowest BCUT2D eigenvalue weighted by Gasteiger charge is -2.08. The van der Waals surface area contributed by atoms with Crippen LogP contribution >= 0.6 is 15.9 Å². The normalized spacial score (nSPS) is 10.7. The summed E-state index contributed by atoms with van der Waals surface area (Å²) < 4.78 is 3.06. The third-order valence-electron chi connectivity index (χ3n) is 3.30. The Hall–Kier alpha value is -1.29. The first-order valence-electron chi connectivity index (χ1n) is 5.98. The fourth-order valence-electron chi connectivity index (χ4n) is 1.97. The van der Waals surface area contributed by atoms with Crippen molar-refractivity contribution in [2.45, 2.75) is 27.3 Å². The maximum Gasteiger partial charge on any atom is 0.0646 e. The Labute approximate surface area is 116 Å². The number of rotatable bonds is 3. The van der Waals surface area contributed by atoms with Gasteiger partial charge >= 0.3 is 0 Å². The van der Waals surface area contributed by atoms with Crippen LogP contribution in [0, 0.1) is 20.8 Å². The molecule has 0 bridgehead atoms. The van der Waals surface area contributed by atoms with E-state index in [2.05, 4.69) is 65.3 Å². The molecule has 2 aromatic rings. The van der Waals surface area contributed by atoms with Gasteiger partial charge in [0, 0.05) is 35.0 Å². The summed E-state index contributed by atoms with van der Waals surface area (Å²) in [5, 5.41) is 7.86. The molecule has 0 saturated carbocycles. The Bertz CT molecular complexity index is 573. The van der Waals surface area contributed by atoms with Crippen molar-refractivity contribution in [1.82, 2.24) is 9.78 Å². The van der Waals surface area contributed by atoms with Crippen LogP contribution < -0.4 is 5.32 Å². The highest BCUT2D eigenvalue weighted by Crippen LogP contribution is 2.22. The van der Waals surface area contributed by atoms with E-state index in [1.54, 1.807) is 0 Å². The number of halogens is 1. The van der Waals surface area contributed by atoms with Crippen molar-refractivity contribution in [3.63, 3.8) is 0 Å². The molecule has 0 fully saturated rings. The SMILES string of the molecule is Cc1ccc(NCc2c(C)nn(C)c2C)cc1Br. The molecule has 2 rings (SSSR count). The molecule has 0 spiro atoms. The van der Waals surface area contributed by atoms with E-state index in [1.807, 2.05) is 11.7 Å². The maximum absolute atomic E-state index is 4.42. The molecule has 0 amide bonds. The number of hydrogen-bond acceptors (Lipinski definition) is 2. The predicted molar refractivity (Wildman–Crippen MR) is 78.9 cm³/mol. The van der Waals surface area contributed by atoms with Crippen LogP contribution in [0.1, 0.15) is 22.5 Å². The summed E-state index contributed by atoms with van der Waals surface area (Å²) in [6.07, 6.45) is 0. The van der Waals surface area contributed by atoms with Crippen molar-refractivity contribution in [1.29, 1.82) is 0 Å². The molecule has 96 valence electrons. The number of anilines is 1. The lowest BCUT2D eigenvalue weighted by Crippen LogP contribution is -2.02. The van der Waals surface area contributed by atoms with E-state index in [-0.39, 0.29) is 0 Å². The summed E-state index contributed by atoms with van der Waals surface area (Å²) in [7, 11) is 1.98. The average Bonchev–Trinajstić information content (AvgIpc) is 2.56. The molecule has 0 aliphatic heterocycles. The number of aromatic nitrogens is 2. The highest BCUT2D eigenvalue weighted by molar-refractivity contribution is 9.10. The molecular formula is C14H18BrN3. The minimum absolute atomic E-state index is 0.807. The van der Waals surface area contributed by atoms with Crippen LogP contribution in [-0.2, 0) is 13.6 Å². The minimum atomic E-state index is 0.807. The van der Waals surface area contributed by atoms with Crippen molar-refractivity contribution in [2.75, 3.05) is 5.32 Å². The second-order valence-corrected chi connectivity index (χ2v) is 5.44.